The normalized spacial score (nSPS) is 29.8. The summed E-state index contributed by atoms with van der Waals surface area (Å²) in [5, 5.41) is 0. The topological polar surface area (TPSA) is 39.2 Å². The monoisotopic (exact) mass is 179 g/mol. The standard InChI is InChI=1S/C11H17NO/c1-7-3-4-9-5-13-6-10(9)11(7)8(2)12/h5-8,11H,3-4,12H2,1-2H3. The van der Waals surface area contributed by atoms with Gasteiger partial charge in [-0.25, -0.2) is 0 Å². The van der Waals surface area contributed by atoms with Gasteiger partial charge in [-0.3, -0.25) is 0 Å². The number of rotatable bonds is 1. The molecule has 3 unspecified atom stereocenters. The Morgan fingerprint density at radius 2 is 2.31 bits per heavy atom. The van der Waals surface area contributed by atoms with Crippen LogP contribution in [-0.2, 0) is 6.42 Å². The molecule has 0 spiro atoms. The van der Waals surface area contributed by atoms with Crippen LogP contribution in [0.3, 0.4) is 0 Å². The summed E-state index contributed by atoms with van der Waals surface area (Å²) in [5.74, 6) is 1.17. The van der Waals surface area contributed by atoms with Gasteiger partial charge in [-0.2, -0.15) is 0 Å². The van der Waals surface area contributed by atoms with Gasteiger partial charge >= 0.3 is 0 Å². The third-order valence-electron chi connectivity index (χ3n) is 3.18. The molecule has 2 N–H and O–H groups in total. The summed E-state index contributed by atoms with van der Waals surface area (Å²) in [6, 6.07) is 0.228. The Morgan fingerprint density at radius 3 is 3.00 bits per heavy atom. The molecule has 0 saturated heterocycles. The zero-order valence-corrected chi connectivity index (χ0v) is 8.29. The largest absolute Gasteiger partial charge is 0.472 e. The summed E-state index contributed by atoms with van der Waals surface area (Å²) in [6.07, 6.45) is 6.13. The van der Waals surface area contributed by atoms with E-state index in [2.05, 4.69) is 13.8 Å². The lowest BCUT2D eigenvalue weighted by atomic mass is 9.75. The van der Waals surface area contributed by atoms with E-state index in [-0.39, 0.29) is 6.04 Å². The summed E-state index contributed by atoms with van der Waals surface area (Å²) in [7, 11) is 0. The van der Waals surface area contributed by atoms with Crippen LogP contribution >= 0.6 is 0 Å². The number of hydrogen-bond acceptors (Lipinski definition) is 2. The van der Waals surface area contributed by atoms with Gasteiger partial charge in [0, 0.05) is 12.0 Å². The van der Waals surface area contributed by atoms with E-state index in [0.717, 1.165) is 6.42 Å². The Bertz CT molecular complexity index is 290. The second-order valence-corrected chi connectivity index (χ2v) is 4.25. The maximum atomic E-state index is 5.99. The molecule has 2 heteroatoms. The fraction of sp³-hybridized carbons (Fsp3) is 0.636. The molecule has 2 rings (SSSR count). The van der Waals surface area contributed by atoms with Gasteiger partial charge in [0.25, 0.3) is 0 Å². The van der Waals surface area contributed by atoms with Crippen molar-refractivity contribution < 1.29 is 4.42 Å². The molecule has 1 aromatic heterocycles. The van der Waals surface area contributed by atoms with Crippen molar-refractivity contribution in [2.75, 3.05) is 0 Å². The lowest BCUT2D eigenvalue weighted by molar-refractivity contribution is 0.363. The highest BCUT2D eigenvalue weighted by molar-refractivity contribution is 5.29. The van der Waals surface area contributed by atoms with Crippen LogP contribution < -0.4 is 5.73 Å². The van der Waals surface area contributed by atoms with E-state index in [1.807, 2.05) is 12.5 Å². The molecule has 2 nitrogen and oxygen atoms in total. The van der Waals surface area contributed by atoms with Crippen molar-refractivity contribution in [1.29, 1.82) is 0 Å². The quantitative estimate of drug-likeness (QED) is 0.718. The van der Waals surface area contributed by atoms with Gasteiger partial charge in [-0.05, 0) is 36.8 Å². The molecule has 0 aliphatic heterocycles. The Balaban J connectivity index is 2.36. The third kappa shape index (κ3) is 1.39. The third-order valence-corrected chi connectivity index (χ3v) is 3.18. The molecule has 0 bridgehead atoms. The molecule has 0 amide bonds. The zero-order valence-electron chi connectivity index (χ0n) is 8.29. The number of furan rings is 1. The average Bonchev–Trinajstić information content (AvgIpc) is 2.50. The van der Waals surface area contributed by atoms with E-state index < -0.39 is 0 Å². The van der Waals surface area contributed by atoms with Gasteiger partial charge in [0.15, 0.2) is 0 Å². The summed E-state index contributed by atoms with van der Waals surface area (Å²) in [4.78, 5) is 0. The fourth-order valence-electron chi connectivity index (χ4n) is 2.50. The lowest BCUT2D eigenvalue weighted by Gasteiger charge is -2.31. The highest BCUT2D eigenvalue weighted by Crippen LogP contribution is 2.38. The molecule has 3 atom stereocenters. The molecule has 1 heterocycles. The van der Waals surface area contributed by atoms with Crippen LogP contribution in [0, 0.1) is 5.92 Å². The predicted octanol–water partition coefficient (Wildman–Crippen LogP) is 2.29. The van der Waals surface area contributed by atoms with Crippen molar-refractivity contribution in [3.63, 3.8) is 0 Å². The SMILES string of the molecule is CC(N)C1c2cocc2CCC1C. The van der Waals surface area contributed by atoms with Crippen LogP contribution in [0.15, 0.2) is 16.9 Å². The number of fused-ring (bicyclic) bond motifs is 1. The van der Waals surface area contributed by atoms with Gasteiger partial charge in [-0.15, -0.1) is 0 Å². The fourth-order valence-corrected chi connectivity index (χ4v) is 2.50. The Hall–Kier alpha value is -0.760. The minimum Gasteiger partial charge on any atom is -0.472 e. The van der Waals surface area contributed by atoms with Gasteiger partial charge in [0.2, 0.25) is 0 Å². The summed E-state index contributed by atoms with van der Waals surface area (Å²) in [5.41, 5.74) is 8.69. The van der Waals surface area contributed by atoms with Crippen LogP contribution in [0.4, 0.5) is 0 Å². The van der Waals surface area contributed by atoms with Gasteiger partial charge in [0.05, 0.1) is 12.5 Å². The molecular formula is C11H17NO. The Kier molecular flexibility index (Phi) is 2.16. The minimum atomic E-state index is 0.228. The van der Waals surface area contributed by atoms with Crippen molar-refractivity contribution in [2.45, 2.75) is 38.6 Å². The van der Waals surface area contributed by atoms with Crippen molar-refractivity contribution >= 4 is 0 Å². The molecule has 1 aliphatic carbocycles. The molecule has 1 aromatic rings. The molecule has 0 aromatic carbocycles. The lowest BCUT2D eigenvalue weighted by Crippen LogP contribution is -2.32. The van der Waals surface area contributed by atoms with Crippen LogP contribution in [0.5, 0.6) is 0 Å². The minimum absolute atomic E-state index is 0.228. The number of hydrogen-bond donors (Lipinski definition) is 1. The first-order valence-electron chi connectivity index (χ1n) is 5.00. The smallest absolute Gasteiger partial charge is 0.0940 e. The van der Waals surface area contributed by atoms with E-state index in [1.54, 1.807) is 0 Å². The van der Waals surface area contributed by atoms with Crippen molar-refractivity contribution in [2.24, 2.45) is 11.7 Å². The van der Waals surface area contributed by atoms with Crippen LogP contribution in [0.25, 0.3) is 0 Å². The highest BCUT2D eigenvalue weighted by atomic mass is 16.3. The summed E-state index contributed by atoms with van der Waals surface area (Å²) < 4.78 is 5.24. The first-order valence-corrected chi connectivity index (χ1v) is 5.00. The summed E-state index contributed by atoms with van der Waals surface area (Å²) in [6.45, 7) is 4.37. The van der Waals surface area contributed by atoms with Gasteiger partial charge in [0.1, 0.15) is 0 Å². The maximum absolute atomic E-state index is 5.99. The molecular weight excluding hydrogens is 162 g/mol. The summed E-state index contributed by atoms with van der Waals surface area (Å²) >= 11 is 0. The van der Waals surface area contributed by atoms with Crippen molar-refractivity contribution in [3.8, 4) is 0 Å². The second-order valence-electron chi connectivity index (χ2n) is 4.25. The van der Waals surface area contributed by atoms with E-state index in [9.17, 15) is 0 Å². The van der Waals surface area contributed by atoms with Crippen molar-refractivity contribution in [3.05, 3.63) is 23.7 Å². The van der Waals surface area contributed by atoms with E-state index in [1.165, 1.54) is 17.5 Å². The van der Waals surface area contributed by atoms with E-state index in [0.29, 0.717) is 11.8 Å². The molecule has 0 saturated carbocycles. The first-order chi connectivity index (χ1) is 6.20. The molecule has 72 valence electrons. The average molecular weight is 179 g/mol. The number of aryl methyl sites for hydroxylation is 1. The second kappa shape index (κ2) is 3.18. The van der Waals surface area contributed by atoms with Crippen LogP contribution in [0.1, 0.15) is 37.3 Å². The molecule has 1 aliphatic rings. The molecule has 0 fully saturated rings. The Labute approximate surface area is 79.1 Å². The Morgan fingerprint density at radius 1 is 1.54 bits per heavy atom. The van der Waals surface area contributed by atoms with Crippen LogP contribution in [-0.4, -0.2) is 6.04 Å². The highest BCUT2D eigenvalue weighted by Gasteiger charge is 2.30. The molecule has 0 radical (unpaired) electrons. The van der Waals surface area contributed by atoms with Crippen molar-refractivity contribution in [1.82, 2.24) is 0 Å². The van der Waals surface area contributed by atoms with E-state index in [4.69, 9.17) is 10.2 Å². The first kappa shape index (κ1) is 8.82. The maximum Gasteiger partial charge on any atom is 0.0940 e. The van der Waals surface area contributed by atoms with Crippen LogP contribution in [0.2, 0.25) is 0 Å². The predicted molar refractivity (Wildman–Crippen MR) is 52.6 cm³/mol. The van der Waals surface area contributed by atoms with E-state index >= 15 is 0 Å². The van der Waals surface area contributed by atoms with Gasteiger partial charge in [-0.1, -0.05) is 6.92 Å². The molecule has 13 heavy (non-hydrogen) atoms. The zero-order chi connectivity index (χ0) is 9.42. The van der Waals surface area contributed by atoms with Gasteiger partial charge < -0.3 is 10.2 Å². The number of nitrogens with two attached hydrogens (primary N) is 1.